The summed E-state index contributed by atoms with van der Waals surface area (Å²) in [7, 11) is 0. The maximum Gasteiger partial charge on any atom is 0.269 e. The number of rotatable bonds is 6. The highest BCUT2D eigenvalue weighted by atomic mass is 79.9. The lowest BCUT2D eigenvalue weighted by molar-refractivity contribution is -0.384. The number of hydrogen-bond donors (Lipinski definition) is 2. The topological polar surface area (TPSA) is 87.8 Å². The molecule has 2 rings (SSSR count). The number of nitrogens with one attached hydrogen (secondary N) is 1. The summed E-state index contributed by atoms with van der Waals surface area (Å²) in [5.41, 5.74) is 1.36. The van der Waals surface area contributed by atoms with Gasteiger partial charge in [0.1, 0.15) is 5.75 Å². The monoisotopic (exact) mass is 397 g/mol. The first kappa shape index (κ1) is 17.2. The molecule has 2 N–H and O–H groups in total. The van der Waals surface area contributed by atoms with Crippen molar-refractivity contribution in [3.05, 3.63) is 61.6 Å². The zero-order valence-electron chi connectivity index (χ0n) is 11.9. The summed E-state index contributed by atoms with van der Waals surface area (Å²) in [6, 6.07) is 9.47. The number of aliphatic imine (C=N–C) groups is 1. The van der Waals surface area contributed by atoms with Gasteiger partial charge in [0, 0.05) is 40.6 Å². The van der Waals surface area contributed by atoms with Gasteiger partial charge in [0.15, 0.2) is 0 Å². The number of nitro benzene ring substituents is 1. The van der Waals surface area contributed by atoms with E-state index in [1.807, 2.05) is 0 Å². The minimum Gasteiger partial charge on any atom is -0.506 e. The number of aromatic hydroxyl groups is 1. The highest BCUT2D eigenvalue weighted by Crippen LogP contribution is 2.30. The van der Waals surface area contributed by atoms with Crippen LogP contribution in [0.4, 0.5) is 11.4 Å². The maximum absolute atomic E-state index is 10.6. The Morgan fingerprint density at radius 1 is 1.35 bits per heavy atom. The highest BCUT2D eigenvalue weighted by Gasteiger charge is 2.05. The van der Waals surface area contributed by atoms with Gasteiger partial charge in [-0.25, -0.2) is 0 Å². The fraction of sp³-hybridized carbons (Fsp3) is 0.133. The molecule has 0 atom stereocenters. The molecule has 0 heterocycles. The second-order valence-corrected chi connectivity index (χ2v) is 5.91. The Morgan fingerprint density at radius 3 is 2.70 bits per heavy atom. The third-order valence-electron chi connectivity index (χ3n) is 2.94. The molecule has 6 nitrogen and oxygen atoms in total. The van der Waals surface area contributed by atoms with Crippen LogP contribution in [0.2, 0.25) is 5.02 Å². The van der Waals surface area contributed by atoms with Gasteiger partial charge in [-0.1, -0.05) is 27.5 Å². The molecule has 2 aromatic carbocycles. The first-order valence-electron chi connectivity index (χ1n) is 6.63. The molecule has 2 aromatic rings. The second-order valence-electron chi connectivity index (χ2n) is 4.59. The summed E-state index contributed by atoms with van der Waals surface area (Å²) in [4.78, 5) is 14.3. The van der Waals surface area contributed by atoms with Crippen LogP contribution < -0.4 is 5.32 Å². The van der Waals surface area contributed by atoms with Gasteiger partial charge in [-0.15, -0.1) is 0 Å². The van der Waals surface area contributed by atoms with Gasteiger partial charge in [0.2, 0.25) is 0 Å². The van der Waals surface area contributed by atoms with Gasteiger partial charge >= 0.3 is 0 Å². The van der Waals surface area contributed by atoms with Crippen LogP contribution in [0.1, 0.15) is 5.56 Å². The molecule has 0 fully saturated rings. The van der Waals surface area contributed by atoms with Crippen LogP contribution in [0, 0.1) is 10.1 Å². The quantitative estimate of drug-likeness (QED) is 0.329. The second kappa shape index (κ2) is 7.94. The smallest absolute Gasteiger partial charge is 0.269 e. The van der Waals surface area contributed by atoms with Gasteiger partial charge < -0.3 is 10.4 Å². The van der Waals surface area contributed by atoms with E-state index in [1.165, 1.54) is 12.1 Å². The van der Waals surface area contributed by atoms with Crippen molar-refractivity contribution in [3.8, 4) is 5.75 Å². The van der Waals surface area contributed by atoms with Crippen LogP contribution in [0.15, 0.2) is 45.9 Å². The normalized spacial score (nSPS) is 10.9. The first-order valence-corrected chi connectivity index (χ1v) is 7.80. The number of benzene rings is 2. The van der Waals surface area contributed by atoms with E-state index in [0.29, 0.717) is 18.7 Å². The van der Waals surface area contributed by atoms with E-state index in [2.05, 4.69) is 26.2 Å². The Balaban J connectivity index is 1.87. The minimum atomic E-state index is -0.441. The van der Waals surface area contributed by atoms with Crippen molar-refractivity contribution < 1.29 is 10.0 Å². The van der Waals surface area contributed by atoms with Gasteiger partial charge in [0.25, 0.3) is 5.69 Å². The summed E-state index contributed by atoms with van der Waals surface area (Å²) in [6.07, 6.45) is 1.55. The van der Waals surface area contributed by atoms with Gasteiger partial charge in [-0.2, -0.15) is 0 Å². The van der Waals surface area contributed by atoms with Crippen molar-refractivity contribution in [1.29, 1.82) is 0 Å². The van der Waals surface area contributed by atoms with Crippen LogP contribution in [0.3, 0.4) is 0 Å². The number of nitrogens with zero attached hydrogens (tertiary/aromatic N) is 2. The Kier molecular flexibility index (Phi) is 5.95. The molecule has 120 valence electrons. The zero-order valence-corrected chi connectivity index (χ0v) is 14.2. The SMILES string of the molecule is O=[N+]([O-])c1ccc(NCCN=Cc2cc(Br)cc(Cl)c2O)cc1. The minimum absolute atomic E-state index is 0.0121. The molecule has 0 aliphatic heterocycles. The number of non-ortho nitro benzene ring substituents is 1. The molecule has 0 amide bonds. The van der Waals surface area contributed by atoms with Crippen LogP contribution in [0.25, 0.3) is 0 Å². The number of hydrogen-bond acceptors (Lipinski definition) is 5. The number of phenolic OH excluding ortho intramolecular Hbond substituents is 1. The predicted molar refractivity (Wildman–Crippen MR) is 94.9 cm³/mol. The van der Waals surface area contributed by atoms with Crippen molar-refractivity contribution in [2.75, 3.05) is 18.4 Å². The molecule has 0 bridgehead atoms. The summed E-state index contributed by atoms with van der Waals surface area (Å²) >= 11 is 9.17. The van der Waals surface area contributed by atoms with E-state index < -0.39 is 4.92 Å². The summed E-state index contributed by atoms with van der Waals surface area (Å²) in [5.74, 6) is -0.0121. The molecule has 0 unspecified atom stereocenters. The van der Waals surface area contributed by atoms with Gasteiger partial charge in [0.05, 0.1) is 16.5 Å². The molecule has 23 heavy (non-hydrogen) atoms. The molecule has 0 aliphatic rings. The largest absolute Gasteiger partial charge is 0.506 e. The summed E-state index contributed by atoms with van der Waals surface area (Å²) in [5, 5.41) is 23.7. The van der Waals surface area contributed by atoms with Crippen molar-refractivity contribution in [3.63, 3.8) is 0 Å². The Labute approximate surface area is 146 Å². The van der Waals surface area contributed by atoms with Crippen molar-refractivity contribution in [1.82, 2.24) is 0 Å². The van der Waals surface area contributed by atoms with Crippen molar-refractivity contribution in [2.24, 2.45) is 4.99 Å². The molecule has 0 aliphatic carbocycles. The maximum atomic E-state index is 10.6. The zero-order chi connectivity index (χ0) is 16.8. The number of phenols is 1. The molecule has 0 spiro atoms. The molecular formula is C15H13BrClN3O3. The Bertz CT molecular complexity index is 735. The number of anilines is 1. The lowest BCUT2D eigenvalue weighted by atomic mass is 10.2. The van der Waals surface area contributed by atoms with E-state index in [0.717, 1.165) is 10.2 Å². The average molecular weight is 399 g/mol. The number of halogens is 2. The van der Waals surface area contributed by atoms with E-state index in [1.54, 1.807) is 30.5 Å². The molecule has 0 radical (unpaired) electrons. The van der Waals surface area contributed by atoms with Crippen LogP contribution in [-0.2, 0) is 0 Å². The van der Waals surface area contributed by atoms with Crippen LogP contribution in [-0.4, -0.2) is 29.3 Å². The molecule has 8 heteroatoms. The van der Waals surface area contributed by atoms with E-state index >= 15 is 0 Å². The predicted octanol–water partition coefficient (Wildman–Crippen LogP) is 4.25. The fourth-order valence-electron chi connectivity index (χ4n) is 1.81. The Morgan fingerprint density at radius 2 is 2.04 bits per heavy atom. The summed E-state index contributed by atoms with van der Waals surface area (Å²) in [6.45, 7) is 1.03. The van der Waals surface area contributed by atoms with E-state index in [9.17, 15) is 15.2 Å². The van der Waals surface area contributed by atoms with Crippen LogP contribution >= 0.6 is 27.5 Å². The van der Waals surface area contributed by atoms with Crippen molar-refractivity contribution >= 4 is 45.1 Å². The fourth-order valence-corrected chi connectivity index (χ4v) is 2.65. The summed E-state index contributed by atoms with van der Waals surface area (Å²) < 4.78 is 0.755. The lowest BCUT2D eigenvalue weighted by Gasteiger charge is -2.04. The molecule has 0 saturated heterocycles. The highest BCUT2D eigenvalue weighted by molar-refractivity contribution is 9.10. The Hall–Kier alpha value is -2.12. The van der Waals surface area contributed by atoms with E-state index in [-0.39, 0.29) is 16.5 Å². The van der Waals surface area contributed by atoms with Gasteiger partial charge in [-0.3, -0.25) is 15.1 Å². The van der Waals surface area contributed by atoms with Crippen LogP contribution in [0.5, 0.6) is 5.75 Å². The third kappa shape index (κ3) is 4.94. The standard InChI is InChI=1S/C15H13BrClN3O3/c16-11-7-10(15(21)14(17)8-11)9-18-5-6-19-12-1-3-13(4-2-12)20(22)23/h1-4,7-9,19,21H,5-6H2. The van der Waals surface area contributed by atoms with Gasteiger partial charge in [-0.05, 0) is 24.3 Å². The molecular weight excluding hydrogens is 386 g/mol. The number of nitro groups is 1. The average Bonchev–Trinajstić information content (AvgIpc) is 2.52. The van der Waals surface area contributed by atoms with Crippen molar-refractivity contribution in [2.45, 2.75) is 0 Å². The molecule has 0 saturated carbocycles. The lowest BCUT2D eigenvalue weighted by Crippen LogP contribution is -2.05. The first-order chi connectivity index (χ1) is 11.0. The van der Waals surface area contributed by atoms with E-state index in [4.69, 9.17) is 11.6 Å². The molecule has 0 aromatic heterocycles. The third-order valence-corrected chi connectivity index (χ3v) is 3.68.